The van der Waals surface area contributed by atoms with Gasteiger partial charge in [0.05, 0.1) is 26.5 Å². The van der Waals surface area contributed by atoms with E-state index in [1.807, 2.05) is 30.3 Å². The summed E-state index contributed by atoms with van der Waals surface area (Å²) in [4.78, 5) is 25.0. The second kappa shape index (κ2) is 12.7. The van der Waals surface area contributed by atoms with Crippen LogP contribution in [0.2, 0.25) is 0 Å². The van der Waals surface area contributed by atoms with Gasteiger partial charge in [-0.2, -0.15) is 9.98 Å². The first-order valence-electron chi connectivity index (χ1n) is 10.5. The lowest BCUT2D eigenvalue weighted by molar-refractivity contribution is 0.144. The monoisotopic (exact) mass is 498 g/mol. The van der Waals surface area contributed by atoms with E-state index in [4.69, 9.17) is 28.5 Å². The molecule has 0 aliphatic carbocycles. The first-order chi connectivity index (χ1) is 17.0. The summed E-state index contributed by atoms with van der Waals surface area (Å²) in [6.45, 7) is 2.55. The maximum atomic E-state index is 11.9. The van der Waals surface area contributed by atoms with E-state index in [-0.39, 0.29) is 0 Å². The summed E-state index contributed by atoms with van der Waals surface area (Å²) < 4.78 is 26.1. The van der Waals surface area contributed by atoms with Crippen LogP contribution in [0.4, 0.5) is 10.5 Å². The van der Waals surface area contributed by atoms with Crippen LogP contribution in [0.3, 0.4) is 0 Å². The topological polar surface area (TPSA) is 118 Å². The Balaban J connectivity index is 2.03. The fourth-order valence-electron chi connectivity index (χ4n) is 2.96. The third-order valence-electron chi connectivity index (χ3n) is 4.64. The van der Waals surface area contributed by atoms with Crippen molar-refractivity contribution in [1.82, 2.24) is 10.1 Å². The summed E-state index contributed by atoms with van der Waals surface area (Å²) in [7, 11) is 4.43. The fraction of sp³-hybridized carbons (Fsp3) is 0.292. The fourth-order valence-corrected chi connectivity index (χ4v) is 3.48. The molecule has 0 spiro atoms. The number of aryl methyl sites for hydroxylation is 1. The number of hydrogen-bond acceptors (Lipinski definition) is 10. The lowest BCUT2D eigenvalue weighted by Crippen LogP contribution is -2.15. The molecule has 1 aromatic heterocycles. The second-order valence-corrected chi connectivity index (χ2v) is 7.74. The van der Waals surface area contributed by atoms with E-state index in [2.05, 4.69) is 15.1 Å². The van der Waals surface area contributed by atoms with Crippen molar-refractivity contribution in [2.75, 3.05) is 40.8 Å². The van der Waals surface area contributed by atoms with Gasteiger partial charge in [0.2, 0.25) is 11.7 Å². The molecule has 184 valence electrons. The predicted octanol–water partition coefficient (Wildman–Crippen LogP) is 4.73. The van der Waals surface area contributed by atoms with Crippen LogP contribution in [0.25, 0.3) is 11.4 Å². The molecule has 11 heteroatoms. The third kappa shape index (κ3) is 6.90. The Kier molecular flexibility index (Phi) is 9.39. The SMILES string of the molecule is COCCOc1ccc(C(=Nc2ccc(-c3noc(C)n3)cc2)C(=NC(=O)OC)SC)cc1OC. The maximum Gasteiger partial charge on any atom is 0.434 e. The van der Waals surface area contributed by atoms with Crippen LogP contribution in [-0.2, 0) is 9.47 Å². The number of carbonyl (C=O) groups is 1. The minimum atomic E-state index is -0.726. The molecule has 35 heavy (non-hydrogen) atoms. The van der Waals surface area contributed by atoms with Gasteiger partial charge in [-0.25, -0.2) is 9.79 Å². The van der Waals surface area contributed by atoms with Crippen molar-refractivity contribution >= 4 is 34.3 Å². The average Bonchev–Trinajstić information content (AvgIpc) is 3.32. The van der Waals surface area contributed by atoms with Crippen molar-refractivity contribution in [2.45, 2.75) is 6.92 Å². The lowest BCUT2D eigenvalue weighted by Gasteiger charge is -2.14. The van der Waals surface area contributed by atoms with Crippen LogP contribution < -0.4 is 9.47 Å². The largest absolute Gasteiger partial charge is 0.493 e. The number of methoxy groups -OCH3 is 3. The van der Waals surface area contributed by atoms with Gasteiger partial charge in [0.1, 0.15) is 17.4 Å². The van der Waals surface area contributed by atoms with Crippen LogP contribution in [0.1, 0.15) is 11.5 Å². The minimum absolute atomic E-state index is 0.374. The summed E-state index contributed by atoms with van der Waals surface area (Å²) in [6, 6.07) is 12.7. The van der Waals surface area contributed by atoms with E-state index < -0.39 is 6.09 Å². The van der Waals surface area contributed by atoms with Crippen LogP contribution >= 0.6 is 11.8 Å². The Hall–Kier alpha value is -3.70. The van der Waals surface area contributed by atoms with Crippen LogP contribution in [0.15, 0.2) is 57.0 Å². The maximum absolute atomic E-state index is 11.9. The molecule has 0 saturated heterocycles. The molecule has 0 bridgehead atoms. The number of thioether (sulfide) groups is 1. The molecule has 1 amide bonds. The predicted molar refractivity (Wildman–Crippen MR) is 134 cm³/mol. The van der Waals surface area contributed by atoms with E-state index >= 15 is 0 Å². The molecule has 0 N–H and O–H groups in total. The summed E-state index contributed by atoms with van der Waals surface area (Å²) in [5.74, 6) is 2.04. The van der Waals surface area contributed by atoms with E-state index in [1.54, 1.807) is 39.5 Å². The number of nitrogens with zero attached hydrogens (tertiary/aromatic N) is 4. The van der Waals surface area contributed by atoms with E-state index in [0.717, 1.165) is 5.56 Å². The molecule has 3 aromatic rings. The van der Waals surface area contributed by atoms with Gasteiger partial charge >= 0.3 is 6.09 Å². The van der Waals surface area contributed by atoms with E-state index in [0.29, 0.717) is 58.4 Å². The van der Waals surface area contributed by atoms with Crippen molar-refractivity contribution in [2.24, 2.45) is 9.98 Å². The van der Waals surface area contributed by atoms with Crippen molar-refractivity contribution < 1.29 is 28.3 Å². The molecule has 10 nitrogen and oxygen atoms in total. The van der Waals surface area contributed by atoms with Crippen LogP contribution in [0, 0.1) is 6.92 Å². The number of rotatable bonds is 9. The van der Waals surface area contributed by atoms with Crippen LogP contribution in [-0.4, -0.2) is 67.8 Å². The Bertz CT molecular complexity index is 1210. The van der Waals surface area contributed by atoms with Crippen molar-refractivity contribution in [3.05, 3.63) is 53.9 Å². The molecular weight excluding hydrogens is 472 g/mol. The molecule has 3 rings (SSSR count). The van der Waals surface area contributed by atoms with Gasteiger partial charge in [-0.15, -0.1) is 11.8 Å². The molecule has 2 aromatic carbocycles. The Morgan fingerprint density at radius 3 is 2.43 bits per heavy atom. The molecule has 0 aliphatic heterocycles. The van der Waals surface area contributed by atoms with Gasteiger partial charge in [-0.05, 0) is 48.7 Å². The number of amides is 1. The standard InChI is InChI=1S/C24H26N4O6S/c1-15-25-22(28-34-15)16-6-9-18(10-7-16)26-21(23(35-5)27-24(29)32-4)17-8-11-19(20(14-17)31-3)33-13-12-30-2/h6-11,14H,12-13H2,1-5H3. The average molecular weight is 499 g/mol. The number of aliphatic imine (C=N–C) groups is 2. The highest BCUT2D eigenvalue weighted by Crippen LogP contribution is 2.30. The highest BCUT2D eigenvalue weighted by molar-refractivity contribution is 8.15. The highest BCUT2D eigenvalue weighted by Gasteiger charge is 2.17. The van der Waals surface area contributed by atoms with Gasteiger partial charge in [0.15, 0.2) is 11.5 Å². The Labute approximate surface area is 207 Å². The van der Waals surface area contributed by atoms with Gasteiger partial charge in [0.25, 0.3) is 0 Å². The van der Waals surface area contributed by atoms with Crippen molar-refractivity contribution in [1.29, 1.82) is 0 Å². The third-order valence-corrected chi connectivity index (χ3v) is 5.31. The zero-order valence-corrected chi connectivity index (χ0v) is 20.9. The van der Waals surface area contributed by atoms with E-state index in [1.165, 1.54) is 18.9 Å². The summed E-state index contributed by atoms with van der Waals surface area (Å²) >= 11 is 1.27. The molecule has 1 heterocycles. The molecule has 0 unspecified atom stereocenters. The minimum Gasteiger partial charge on any atom is -0.493 e. The smallest absolute Gasteiger partial charge is 0.434 e. The highest BCUT2D eigenvalue weighted by atomic mass is 32.2. The van der Waals surface area contributed by atoms with Crippen molar-refractivity contribution in [3.8, 4) is 22.9 Å². The number of ether oxygens (including phenoxy) is 4. The molecule has 0 atom stereocenters. The molecule has 0 aliphatic rings. The first-order valence-corrected chi connectivity index (χ1v) is 11.7. The van der Waals surface area contributed by atoms with Gasteiger partial charge < -0.3 is 23.5 Å². The van der Waals surface area contributed by atoms with Gasteiger partial charge in [-0.1, -0.05) is 5.16 Å². The zero-order valence-electron chi connectivity index (χ0n) is 20.1. The second-order valence-electron chi connectivity index (χ2n) is 6.94. The molecule has 0 saturated carbocycles. The summed E-state index contributed by atoms with van der Waals surface area (Å²) in [5, 5.41) is 4.31. The molecule has 0 radical (unpaired) electrons. The molecular formula is C24H26N4O6S. The lowest BCUT2D eigenvalue weighted by atomic mass is 10.1. The normalized spacial score (nSPS) is 11.9. The van der Waals surface area contributed by atoms with Crippen LogP contribution in [0.5, 0.6) is 11.5 Å². The Morgan fingerprint density at radius 1 is 1.06 bits per heavy atom. The first kappa shape index (κ1) is 25.9. The molecule has 0 fully saturated rings. The zero-order chi connectivity index (χ0) is 25.2. The number of aromatic nitrogens is 2. The van der Waals surface area contributed by atoms with Crippen molar-refractivity contribution in [3.63, 3.8) is 0 Å². The summed E-state index contributed by atoms with van der Waals surface area (Å²) in [5.41, 5.74) is 2.56. The summed E-state index contributed by atoms with van der Waals surface area (Å²) in [6.07, 6.45) is 1.08. The van der Waals surface area contributed by atoms with Gasteiger partial charge in [-0.3, -0.25) is 0 Å². The Morgan fingerprint density at radius 2 is 1.83 bits per heavy atom. The van der Waals surface area contributed by atoms with Gasteiger partial charge in [0, 0.05) is 25.2 Å². The number of carbonyl (C=O) groups excluding carboxylic acids is 1. The van der Waals surface area contributed by atoms with E-state index in [9.17, 15) is 4.79 Å². The number of benzene rings is 2. The number of hydrogen-bond donors (Lipinski definition) is 0. The quantitative estimate of drug-likeness (QED) is 0.234.